The number of esters is 1. The molecule has 0 radical (unpaired) electrons. The molecule has 0 saturated carbocycles. The maximum atomic E-state index is 12.5. The van der Waals surface area contributed by atoms with Crippen LogP contribution in [-0.2, 0) is 9.53 Å². The van der Waals surface area contributed by atoms with Crippen LogP contribution >= 0.6 is 11.3 Å². The first kappa shape index (κ1) is 18.4. The highest BCUT2D eigenvalue weighted by atomic mass is 32.1. The standard InChI is InChI=1S/C19H16N4O3S/c20-9-5-10-21-17(24)13-26-19(25)15-12-23(14-6-2-1-3-7-14)22-18(15)16-8-4-11-27-16/h1-4,6-8,11-12H,5,10,13H2,(H,21,24). The molecule has 7 nitrogen and oxygen atoms in total. The molecule has 3 aromatic rings. The summed E-state index contributed by atoms with van der Waals surface area (Å²) in [5.74, 6) is -1.08. The number of ether oxygens (including phenoxy) is 1. The fourth-order valence-corrected chi connectivity index (χ4v) is 3.07. The maximum Gasteiger partial charge on any atom is 0.342 e. The molecule has 0 fully saturated rings. The zero-order chi connectivity index (χ0) is 19.1. The van der Waals surface area contributed by atoms with Crippen LogP contribution in [0, 0.1) is 11.3 Å². The van der Waals surface area contributed by atoms with Gasteiger partial charge in [0.2, 0.25) is 0 Å². The van der Waals surface area contributed by atoms with E-state index >= 15 is 0 Å². The number of carbonyl (C=O) groups is 2. The van der Waals surface area contributed by atoms with Gasteiger partial charge in [-0.25, -0.2) is 9.48 Å². The van der Waals surface area contributed by atoms with Gasteiger partial charge in [0, 0.05) is 12.7 Å². The molecule has 27 heavy (non-hydrogen) atoms. The van der Waals surface area contributed by atoms with E-state index in [2.05, 4.69) is 10.4 Å². The summed E-state index contributed by atoms with van der Waals surface area (Å²) in [7, 11) is 0. The summed E-state index contributed by atoms with van der Waals surface area (Å²) in [6.07, 6.45) is 1.80. The molecule has 8 heteroatoms. The van der Waals surface area contributed by atoms with Crippen LogP contribution in [-0.4, -0.2) is 34.8 Å². The Balaban J connectivity index is 1.79. The van der Waals surface area contributed by atoms with Crippen LogP contribution in [0.2, 0.25) is 0 Å². The Morgan fingerprint density at radius 3 is 2.74 bits per heavy atom. The number of nitrogens with one attached hydrogen (secondary N) is 1. The van der Waals surface area contributed by atoms with E-state index in [0.29, 0.717) is 5.69 Å². The van der Waals surface area contributed by atoms with Crippen molar-refractivity contribution in [2.45, 2.75) is 6.42 Å². The number of nitriles is 1. The first-order valence-corrected chi connectivity index (χ1v) is 9.06. The zero-order valence-corrected chi connectivity index (χ0v) is 15.1. The fourth-order valence-electron chi connectivity index (χ4n) is 2.35. The number of aromatic nitrogens is 2. The van der Waals surface area contributed by atoms with Crippen LogP contribution in [0.5, 0.6) is 0 Å². The predicted octanol–water partition coefficient (Wildman–Crippen LogP) is 2.79. The largest absolute Gasteiger partial charge is 0.452 e. The van der Waals surface area contributed by atoms with Crippen molar-refractivity contribution in [3.05, 3.63) is 59.6 Å². The van der Waals surface area contributed by atoms with E-state index in [9.17, 15) is 9.59 Å². The quantitative estimate of drug-likeness (QED) is 0.502. The van der Waals surface area contributed by atoms with Gasteiger partial charge < -0.3 is 10.1 Å². The molecule has 0 atom stereocenters. The van der Waals surface area contributed by atoms with E-state index in [1.54, 1.807) is 10.9 Å². The Bertz CT molecular complexity index is 959. The predicted molar refractivity (Wildman–Crippen MR) is 100 cm³/mol. The lowest BCUT2D eigenvalue weighted by Crippen LogP contribution is -2.29. The van der Waals surface area contributed by atoms with Gasteiger partial charge in [0.1, 0.15) is 11.3 Å². The number of carbonyl (C=O) groups excluding carboxylic acids is 2. The van der Waals surface area contributed by atoms with E-state index in [-0.39, 0.29) is 18.5 Å². The second kappa shape index (κ2) is 8.78. The van der Waals surface area contributed by atoms with Crippen molar-refractivity contribution in [3.8, 4) is 22.3 Å². The van der Waals surface area contributed by atoms with Gasteiger partial charge in [-0.1, -0.05) is 24.3 Å². The van der Waals surface area contributed by atoms with E-state index < -0.39 is 18.5 Å². The van der Waals surface area contributed by atoms with Crippen molar-refractivity contribution in [1.29, 1.82) is 5.26 Å². The molecule has 3 rings (SSSR count). The molecule has 0 aliphatic rings. The number of hydrogen-bond acceptors (Lipinski definition) is 6. The van der Waals surface area contributed by atoms with E-state index in [1.807, 2.05) is 53.9 Å². The average Bonchev–Trinajstić information content (AvgIpc) is 3.36. The first-order chi connectivity index (χ1) is 13.2. The number of thiophene rings is 1. The second-order valence-corrected chi connectivity index (χ2v) is 6.43. The molecule has 2 aromatic heterocycles. The number of amides is 1. The molecule has 0 aliphatic heterocycles. The molecule has 0 spiro atoms. The highest BCUT2D eigenvalue weighted by molar-refractivity contribution is 7.13. The smallest absolute Gasteiger partial charge is 0.342 e. The monoisotopic (exact) mass is 380 g/mol. The van der Waals surface area contributed by atoms with E-state index in [1.165, 1.54) is 11.3 Å². The minimum atomic E-state index is -0.629. The van der Waals surface area contributed by atoms with Crippen molar-refractivity contribution in [2.24, 2.45) is 0 Å². The molecule has 1 amide bonds. The van der Waals surface area contributed by atoms with Crippen LogP contribution in [0.3, 0.4) is 0 Å². The van der Waals surface area contributed by atoms with Gasteiger partial charge in [-0.2, -0.15) is 10.4 Å². The van der Waals surface area contributed by atoms with Gasteiger partial charge in [-0.05, 0) is 23.6 Å². The Hall–Kier alpha value is -3.44. The summed E-state index contributed by atoms with van der Waals surface area (Å²) in [5.41, 5.74) is 1.60. The highest BCUT2D eigenvalue weighted by Gasteiger charge is 2.21. The summed E-state index contributed by atoms with van der Waals surface area (Å²) in [6.45, 7) is -0.191. The molecule has 136 valence electrons. The van der Waals surface area contributed by atoms with Crippen molar-refractivity contribution in [2.75, 3.05) is 13.2 Å². The Labute approximate surface area is 159 Å². The van der Waals surface area contributed by atoms with Gasteiger partial charge in [0.15, 0.2) is 6.61 Å². The lowest BCUT2D eigenvalue weighted by Gasteiger charge is -2.04. The molecule has 2 heterocycles. The summed E-state index contributed by atoms with van der Waals surface area (Å²) in [5, 5.41) is 17.4. The maximum absolute atomic E-state index is 12.5. The van der Waals surface area contributed by atoms with E-state index in [0.717, 1.165) is 10.6 Å². The third-order valence-electron chi connectivity index (χ3n) is 3.60. The number of para-hydroxylation sites is 1. The van der Waals surface area contributed by atoms with Crippen LogP contribution in [0.1, 0.15) is 16.8 Å². The van der Waals surface area contributed by atoms with Crippen molar-refractivity contribution in [3.63, 3.8) is 0 Å². The molecule has 0 unspecified atom stereocenters. The molecule has 1 N–H and O–H groups in total. The Morgan fingerprint density at radius 2 is 2.04 bits per heavy atom. The van der Waals surface area contributed by atoms with Crippen molar-refractivity contribution in [1.82, 2.24) is 15.1 Å². The van der Waals surface area contributed by atoms with Gasteiger partial charge in [-0.3, -0.25) is 4.79 Å². The SMILES string of the molecule is N#CCCNC(=O)COC(=O)c1cn(-c2ccccc2)nc1-c1cccs1. The molecular formula is C19H16N4O3S. The van der Waals surface area contributed by atoms with Gasteiger partial charge in [0.25, 0.3) is 5.91 Å². The lowest BCUT2D eigenvalue weighted by molar-refractivity contribution is -0.124. The second-order valence-electron chi connectivity index (χ2n) is 5.48. The highest BCUT2D eigenvalue weighted by Crippen LogP contribution is 2.28. The number of hydrogen-bond donors (Lipinski definition) is 1. The molecule has 0 bridgehead atoms. The van der Waals surface area contributed by atoms with Crippen LogP contribution < -0.4 is 5.32 Å². The molecule has 1 aromatic carbocycles. The number of nitrogens with zero attached hydrogens (tertiary/aromatic N) is 3. The average molecular weight is 380 g/mol. The van der Waals surface area contributed by atoms with Crippen molar-refractivity contribution >= 4 is 23.2 Å². The normalized spacial score (nSPS) is 10.2. The number of rotatable bonds is 7. The molecule has 0 aliphatic carbocycles. The summed E-state index contributed by atoms with van der Waals surface area (Å²) in [4.78, 5) is 25.0. The lowest BCUT2D eigenvalue weighted by atomic mass is 10.2. The minimum absolute atomic E-state index is 0.200. The van der Waals surface area contributed by atoms with E-state index in [4.69, 9.17) is 10.00 Å². The van der Waals surface area contributed by atoms with Crippen LogP contribution in [0.25, 0.3) is 16.3 Å². The fraction of sp³-hybridized carbons (Fsp3) is 0.158. The van der Waals surface area contributed by atoms with Crippen LogP contribution in [0.4, 0.5) is 0 Å². The Morgan fingerprint density at radius 1 is 1.22 bits per heavy atom. The minimum Gasteiger partial charge on any atom is -0.452 e. The van der Waals surface area contributed by atoms with Crippen molar-refractivity contribution < 1.29 is 14.3 Å². The van der Waals surface area contributed by atoms with Gasteiger partial charge in [0.05, 0.1) is 23.1 Å². The summed E-state index contributed by atoms with van der Waals surface area (Å²) < 4.78 is 6.74. The van der Waals surface area contributed by atoms with Crippen LogP contribution in [0.15, 0.2) is 54.0 Å². The molecule has 0 saturated heterocycles. The van der Waals surface area contributed by atoms with Gasteiger partial charge >= 0.3 is 5.97 Å². The molecular weight excluding hydrogens is 364 g/mol. The third kappa shape index (κ3) is 4.59. The first-order valence-electron chi connectivity index (χ1n) is 8.19. The topological polar surface area (TPSA) is 97.0 Å². The summed E-state index contributed by atoms with van der Waals surface area (Å²) >= 11 is 1.46. The third-order valence-corrected chi connectivity index (χ3v) is 4.48. The zero-order valence-electron chi connectivity index (χ0n) is 14.3. The number of benzene rings is 1. The van der Waals surface area contributed by atoms with Gasteiger partial charge in [-0.15, -0.1) is 11.3 Å². The summed E-state index contributed by atoms with van der Waals surface area (Å²) in [6, 6.07) is 15.1. The Kier molecular flexibility index (Phi) is 5.97.